The fourth-order valence-corrected chi connectivity index (χ4v) is 2.63. The van der Waals surface area contributed by atoms with E-state index in [4.69, 9.17) is 11.6 Å². The molecule has 5 heteroatoms. The van der Waals surface area contributed by atoms with Crippen LogP contribution in [0.1, 0.15) is 36.7 Å². The van der Waals surface area contributed by atoms with Crippen LogP contribution in [0.15, 0.2) is 53.5 Å². The van der Waals surface area contributed by atoms with Crippen LogP contribution in [0.3, 0.4) is 0 Å². The van der Waals surface area contributed by atoms with Crippen molar-refractivity contribution < 1.29 is 4.79 Å². The van der Waals surface area contributed by atoms with Gasteiger partial charge in [0.25, 0.3) is 5.91 Å². The van der Waals surface area contributed by atoms with Gasteiger partial charge < -0.3 is 5.32 Å². The maximum Gasteiger partial charge on any atom is 0.257 e. The van der Waals surface area contributed by atoms with E-state index in [-0.39, 0.29) is 11.3 Å². The molecule has 2 rings (SSSR count). The Morgan fingerprint density at radius 3 is 2.25 bits per heavy atom. The molecule has 3 nitrogen and oxygen atoms in total. The summed E-state index contributed by atoms with van der Waals surface area (Å²) < 4.78 is 0. The molecule has 24 heavy (non-hydrogen) atoms. The van der Waals surface area contributed by atoms with E-state index >= 15 is 0 Å². The summed E-state index contributed by atoms with van der Waals surface area (Å²) in [6, 6.07) is 14.9. The Balaban J connectivity index is 2.16. The molecule has 0 saturated carbocycles. The minimum absolute atomic E-state index is 0.0605. The zero-order valence-corrected chi connectivity index (χ0v) is 15.8. The van der Waals surface area contributed by atoms with Crippen LogP contribution in [0, 0.1) is 0 Å². The van der Waals surface area contributed by atoms with Gasteiger partial charge in [0.1, 0.15) is 0 Å². The SMILES string of the molecule is CSC(=Nc1ccccc1Cl)NC(=O)c1ccc(C(C)(C)C)cc1. The van der Waals surface area contributed by atoms with Crippen molar-refractivity contribution in [3.8, 4) is 0 Å². The average molecular weight is 361 g/mol. The molecule has 1 amide bonds. The lowest BCUT2D eigenvalue weighted by Gasteiger charge is -2.19. The highest BCUT2D eigenvalue weighted by Gasteiger charge is 2.15. The summed E-state index contributed by atoms with van der Waals surface area (Å²) in [6.45, 7) is 6.43. The summed E-state index contributed by atoms with van der Waals surface area (Å²) in [4.78, 5) is 16.8. The van der Waals surface area contributed by atoms with Crippen LogP contribution in [-0.2, 0) is 5.41 Å². The molecule has 0 saturated heterocycles. The number of amides is 1. The molecule has 0 aliphatic heterocycles. The highest BCUT2D eigenvalue weighted by molar-refractivity contribution is 8.13. The smallest absolute Gasteiger partial charge is 0.257 e. The van der Waals surface area contributed by atoms with Crippen LogP contribution in [0.4, 0.5) is 5.69 Å². The number of carbonyl (C=O) groups excluding carboxylic acids is 1. The highest BCUT2D eigenvalue weighted by atomic mass is 35.5. The minimum atomic E-state index is -0.185. The number of benzene rings is 2. The van der Waals surface area contributed by atoms with Crippen molar-refractivity contribution in [2.24, 2.45) is 4.99 Å². The molecule has 0 unspecified atom stereocenters. The van der Waals surface area contributed by atoms with Crippen molar-refractivity contribution in [3.05, 3.63) is 64.7 Å². The highest BCUT2D eigenvalue weighted by Crippen LogP contribution is 2.25. The van der Waals surface area contributed by atoms with Gasteiger partial charge in [-0.15, -0.1) is 0 Å². The first-order valence-corrected chi connectivity index (χ1v) is 9.20. The number of halogens is 1. The largest absolute Gasteiger partial charge is 0.301 e. The van der Waals surface area contributed by atoms with Crippen LogP contribution < -0.4 is 5.32 Å². The van der Waals surface area contributed by atoms with E-state index in [0.717, 1.165) is 0 Å². The molecule has 0 spiro atoms. The Morgan fingerprint density at radius 1 is 1.08 bits per heavy atom. The molecule has 0 aromatic heterocycles. The van der Waals surface area contributed by atoms with E-state index in [2.05, 4.69) is 31.1 Å². The van der Waals surface area contributed by atoms with Gasteiger partial charge in [0.2, 0.25) is 0 Å². The molecule has 2 aromatic rings. The van der Waals surface area contributed by atoms with Crippen molar-refractivity contribution in [2.75, 3.05) is 6.26 Å². The van der Waals surface area contributed by atoms with Gasteiger partial charge in [-0.05, 0) is 41.5 Å². The monoisotopic (exact) mass is 360 g/mol. The number of para-hydroxylation sites is 1. The fourth-order valence-electron chi connectivity index (χ4n) is 2.07. The van der Waals surface area contributed by atoms with Gasteiger partial charge in [-0.25, -0.2) is 4.99 Å². The number of amidine groups is 1. The summed E-state index contributed by atoms with van der Waals surface area (Å²) in [5.74, 6) is -0.185. The molecule has 0 fully saturated rings. The van der Waals surface area contributed by atoms with Crippen LogP contribution in [-0.4, -0.2) is 17.3 Å². The lowest BCUT2D eigenvalue weighted by Crippen LogP contribution is -2.28. The predicted octanol–water partition coefficient (Wildman–Crippen LogP) is 5.42. The Hall–Kier alpha value is -1.78. The second-order valence-corrected chi connectivity index (χ2v) is 7.56. The average Bonchev–Trinajstić information content (AvgIpc) is 2.55. The van der Waals surface area contributed by atoms with Crippen LogP contribution in [0.25, 0.3) is 0 Å². The van der Waals surface area contributed by atoms with E-state index in [9.17, 15) is 4.79 Å². The lowest BCUT2D eigenvalue weighted by atomic mass is 9.87. The molecule has 0 aliphatic carbocycles. The molecule has 2 aromatic carbocycles. The number of hydrogen-bond acceptors (Lipinski definition) is 3. The maximum atomic E-state index is 12.4. The summed E-state index contributed by atoms with van der Waals surface area (Å²) in [5.41, 5.74) is 2.48. The number of carbonyl (C=O) groups is 1. The van der Waals surface area contributed by atoms with E-state index < -0.39 is 0 Å². The van der Waals surface area contributed by atoms with Crippen molar-refractivity contribution >= 4 is 40.1 Å². The van der Waals surface area contributed by atoms with Gasteiger partial charge in [0, 0.05) is 5.56 Å². The second-order valence-electron chi connectivity index (χ2n) is 6.35. The lowest BCUT2D eigenvalue weighted by molar-refractivity contribution is 0.0978. The summed E-state index contributed by atoms with van der Waals surface area (Å²) in [6.07, 6.45) is 1.86. The summed E-state index contributed by atoms with van der Waals surface area (Å²) in [5, 5.41) is 3.89. The predicted molar refractivity (Wildman–Crippen MR) is 105 cm³/mol. The first-order valence-electron chi connectivity index (χ1n) is 7.60. The number of nitrogens with zero attached hydrogens (tertiary/aromatic N) is 1. The normalized spacial score (nSPS) is 12.1. The van der Waals surface area contributed by atoms with Crippen molar-refractivity contribution in [1.82, 2.24) is 5.32 Å². The first-order chi connectivity index (χ1) is 11.3. The zero-order valence-electron chi connectivity index (χ0n) is 14.3. The third-order valence-electron chi connectivity index (χ3n) is 3.50. The van der Waals surface area contributed by atoms with Gasteiger partial charge >= 0.3 is 0 Å². The van der Waals surface area contributed by atoms with Gasteiger partial charge in [-0.2, -0.15) is 0 Å². The van der Waals surface area contributed by atoms with E-state index in [1.165, 1.54) is 17.3 Å². The second kappa shape index (κ2) is 7.86. The minimum Gasteiger partial charge on any atom is -0.301 e. The van der Waals surface area contributed by atoms with E-state index in [1.54, 1.807) is 6.07 Å². The summed E-state index contributed by atoms with van der Waals surface area (Å²) >= 11 is 7.47. The quantitative estimate of drug-likeness (QED) is 0.574. The molecule has 0 radical (unpaired) electrons. The van der Waals surface area contributed by atoms with Gasteiger partial charge in [0.05, 0.1) is 10.7 Å². The van der Waals surface area contributed by atoms with E-state index in [0.29, 0.717) is 21.4 Å². The molecular formula is C19H21ClN2OS. The molecule has 0 atom stereocenters. The first kappa shape index (κ1) is 18.6. The number of thioether (sulfide) groups is 1. The number of nitrogens with one attached hydrogen (secondary N) is 1. The van der Waals surface area contributed by atoms with Crippen molar-refractivity contribution in [1.29, 1.82) is 0 Å². The summed E-state index contributed by atoms with van der Waals surface area (Å²) in [7, 11) is 0. The van der Waals surface area contributed by atoms with Crippen molar-refractivity contribution in [3.63, 3.8) is 0 Å². The van der Waals surface area contributed by atoms with Gasteiger partial charge in [-0.1, -0.05) is 68.4 Å². The van der Waals surface area contributed by atoms with Gasteiger partial charge in [0.15, 0.2) is 5.17 Å². The van der Waals surface area contributed by atoms with E-state index in [1.807, 2.05) is 48.7 Å². The standard InChI is InChI=1S/C19H21ClN2OS/c1-19(2,3)14-11-9-13(10-12-14)17(23)22-18(24-4)21-16-8-6-5-7-15(16)20/h5-12H,1-4H3,(H,21,22,23). The van der Waals surface area contributed by atoms with Crippen LogP contribution in [0.2, 0.25) is 5.02 Å². The zero-order chi connectivity index (χ0) is 17.7. The molecule has 0 heterocycles. The number of hydrogen-bond donors (Lipinski definition) is 1. The molecular weight excluding hydrogens is 340 g/mol. The topological polar surface area (TPSA) is 41.5 Å². The number of rotatable bonds is 2. The fraction of sp³-hybridized carbons (Fsp3) is 0.263. The van der Waals surface area contributed by atoms with Gasteiger partial charge in [-0.3, -0.25) is 4.79 Å². The maximum absolute atomic E-state index is 12.4. The molecule has 0 aliphatic rings. The molecule has 0 bridgehead atoms. The molecule has 1 N–H and O–H groups in total. The van der Waals surface area contributed by atoms with Crippen molar-refractivity contribution in [2.45, 2.75) is 26.2 Å². The number of aliphatic imine (C=N–C) groups is 1. The molecule has 126 valence electrons. The Bertz CT molecular complexity index is 749. The Labute approximate surface area is 152 Å². The Morgan fingerprint density at radius 2 is 1.71 bits per heavy atom. The Kier molecular flexibility index (Phi) is 6.08. The third kappa shape index (κ3) is 4.86. The van der Waals surface area contributed by atoms with Crippen LogP contribution >= 0.6 is 23.4 Å². The van der Waals surface area contributed by atoms with Crippen LogP contribution in [0.5, 0.6) is 0 Å². The third-order valence-corrected chi connectivity index (χ3v) is 4.40.